The molecule has 1 fully saturated rings. The molecular weight excluding hydrogens is 316 g/mol. The van der Waals surface area contributed by atoms with Crippen molar-refractivity contribution < 1.29 is 19.7 Å². The monoisotopic (exact) mass is 354 g/mol. The summed E-state index contributed by atoms with van der Waals surface area (Å²) >= 11 is 0. The molecule has 1 aliphatic carbocycles. The van der Waals surface area contributed by atoms with Crippen LogP contribution in [0, 0.1) is 5.92 Å². The van der Waals surface area contributed by atoms with Crippen molar-refractivity contribution in [1.29, 1.82) is 0 Å². The van der Waals surface area contributed by atoms with Gasteiger partial charge in [0.2, 0.25) is 0 Å². The molecule has 0 aliphatic heterocycles. The van der Waals surface area contributed by atoms with Crippen molar-refractivity contribution >= 4 is 5.97 Å². The van der Waals surface area contributed by atoms with Crippen molar-refractivity contribution in [2.24, 2.45) is 5.92 Å². The van der Waals surface area contributed by atoms with Crippen LogP contribution in [0.25, 0.3) is 0 Å². The quantitative estimate of drug-likeness (QED) is 0.307. The van der Waals surface area contributed by atoms with Gasteiger partial charge in [0.15, 0.2) is 0 Å². The van der Waals surface area contributed by atoms with Gasteiger partial charge in [-0.1, -0.05) is 57.6 Å². The Balaban J connectivity index is 2.30. The molecule has 1 aliphatic rings. The van der Waals surface area contributed by atoms with E-state index in [1.807, 2.05) is 12.2 Å². The van der Waals surface area contributed by atoms with Gasteiger partial charge in [0, 0.05) is 0 Å². The van der Waals surface area contributed by atoms with Crippen LogP contribution in [-0.4, -0.2) is 34.5 Å². The average Bonchev–Trinajstić information content (AvgIpc) is 2.56. The van der Waals surface area contributed by atoms with Gasteiger partial charge in [-0.3, -0.25) is 4.79 Å². The maximum Gasteiger partial charge on any atom is 0.308 e. The second-order valence-electron chi connectivity index (χ2n) is 7.57. The van der Waals surface area contributed by atoms with E-state index in [1.165, 1.54) is 32.1 Å². The zero-order valence-electron chi connectivity index (χ0n) is 16.2. The molecule has 0 saturated heterocycles. The van der Waals surface area contributed by atoms with Crippen LogP contribution in [0.1, 0.15) is 90.9 Å². The van der Waals surface area contributed by atoms with Gasteiger partial charge in [-0.05, 0) is 44.9 Å². The molecule has 0 amide bonds. The fourth-order valence-electron chi connectivity index (χ4n) is 3.71. The standard InChI is InChI=1S/C21H38O4/c1-3-5-6-7-8-9-12-19(22)14-13-18-11-10-15-21(24,16-18)17-20(23)25-4-2/h13-14,18-19,22,24H,3-12,15-17H2,1-2H3/t18-,19?,21-/m0/s1. The number of unbranched alkanes of at least 4 members (excludes halogenated alkanes) is 5. The van der Waals surface area contributed by atoms with Crippen molar-refractivity contribution in [3.8, 4) is 0 Å². The molecule has 146 valence electrons. The summed E-state index contributed by atoms with van der Waals surface area (Å²) in [6.07, 6.45) is 14.9. The van der Waals surface area contributed by atoms with E-state index in [0.717, 1.165) is 25.7 Å². The number of esters is 1. The molecule has 0 radical (unpaired) electrons. The second kappa shape index (κ2) is 12.5. The van der Waals surface area contributed by atoms with E-state index >= 15 is 0 Å². The number of hydrogen-bond acceptors (Lipinski definition) is 4. The van der Waals surface area contributed by atoms with Crippen LogP contribution in [0.15, 0.2) is 12.2 Å². The van der Waals surface area contributed by atoms with Crippen molar-refractivity contribution in [3.05, 3.63) is 12.2 Å². The molecule has 1 unspecified atom stereocenters. The first-order valence-electron chi connectivity index (χ1n) is 10.2. The summed E-state index contributed by atoms with van der Waals surface area (Å²) in [5.41, 5.74) is -0.955. The highest BCUT2D eigenvalue weighted by atomic mass is 16.5. The Morgan fingerprint density at radius 3 is 2.68 bits per heavy atom. The Kier molecular flexibility index (Phi) is 11.1. The summed E-state index contributed by atoms with van der Waals surface area (Å²) < 4.78 is 4.97. The second-order valence-corrected chi connectivity index (χ2v) is 7.57. The third-order valence-electron chi connectivity index (χ3n) is 5.10. The van der Waals surface area contributed by atoms with Crippen molar-refractivity contribution in [2.75, 3.05) is 6.61 Å². The number of aliphatic hydroxyl groups is 2. The van der Waals surface area contributed by atoms with Gasteiger partial charge in [0.1, 0.15) is 0 Å². The van der Waals surface area contributed by atoms with E-state index in [1.54, 1.807) is 6.92 Å². The van der Waals surface area contributed by atoms with Gasteiger partial charge in [-0.2, -0.15) is 0 Å². The van der Waals surface area contributed by atoms with Gasteiger partial charge in [-0.25, -0.2) is 0 Å². The average molecular weight is 355 g/mol. The lowest BCUT2D eigenvalue weighted by Gasteiger charge is -2.35. The van der Waals surface area contributed by atoms with Crippen molar-refractivity contribution in [1.82, 2.24) is 0 Å². The molecule has 0 aromatic heterocycles. The highest BCUT2D eigenvalue weighted by Gasteiger charge is 2.35. The summed E-state index contributed by atoms with van der Waals surface area (Å²) in [6, 6.07) is 0. The Morgan fingerprint density at radius 2 is 1.96 bits per heavy atom. The van der Waals surface area contributed by atoms with Gasteiger partial charge in [-0.15, -0.1) is 0 Å². The van der Waals surface area contributed by atoms with Crippen LogP contribution in [0.4, 0.5) is 0 Å². The Labute approximate surface area is 153 Å². The summed E-state index contributed by atoms with van der Waals surface area (Å²) in [5.74, 6) is -0.0925. The molecular formula is C21H38O4. The predicted octanol–water partition coefficient (Wildman–Crippen LogP) is 4.53. The molecule has 0 bridgehead atoms. The highest BCUT2D eigenvalue weighted by Crippen LogP contribution is 2.35. The minimum absolute atomic E-state index is 0.0749. The van der Waals surface area contributed by atoms with Crippen LogP contribution < -0.4 is 0 Å². The largest absolute Gasteiger partial charge is 0.466 e. The first kappa shape index (κ1) is 22.2. The van der Waals surface area contributed by atoms with E-state index in [4.69, 9.17) is 4.74 Å². The Morgan fingerprint density at radius 1 is 1.24 bits per heavy atom. The molecule has 0 aromatic carbocycles. The fraction of sp³-hybridized carbons (Fsp3) is 0.857. The lowest BCUT2D eigenvalue weighted by atomic mass is 9.76. The molecule has 2 N–H and O–H groups in total. The van der Waals surface area contributed by atoms with E-state index < -0.39 is 11.7 Å². The van der Waals surface area contributed by atoms with Gasteiger partial charge >= 0.3 is 5.97 Å². The molecule has 1 rings (SSSR count). The number of ether oxygens (including phenoxy) is 1. The molecule has 0 heterocycles. The fourth-order valence-corrected chi connectivity index (χ4v) is 3.71. The maximum absolute atomic E-state index is 11.7. The molecule has 1 saturated carbocycles. The Bertz CT molecular complexity index is 393. The van der Waals surface area contributed by atoms with Crippen molar-refractivity contribution in [3.63, 3.8) is 0 Å². The number of aliphatic hydroxyl groups excluding tert-OH is 1. The van der Waals surface area contributed by atoms with E-state index in [2.05, 4.69) is 6.92 Å². The third kappa shape index (κ3) is 10.0. The molecule has 25 heavy (non-hydrogen) atoms. The number of carbonyl (C=O) groups excluding carboxylic acids is 1. The first-order valence-corrected chi connectivity index (χ1v) is 10.2. The lowest BCUT2D eigenvalue weighted by Crippen LogP contribution is -2.37. The molecule has 0 aromatic rings. The van der Waals surface area contributed by atoms with Crippen LogP contribution in [-0.2, 0) is 9.53 Å². The van der Waals surface area contributed by atoms with Crippen LogP contribution in [0.5, 0.6) is 0 Å². The first-order chi connectivity index (χ1) is 12.0. The minimum Gasteiger partial charge on any atom is -0.466 e. The van der Waals surface area contributed by atoms with Gasteiger partial charge < -0.3 is 14.9 Å². The van der Waals surface area contributed by atoms with Crippen molar-refractivity contribution in [2.45, 2.75) is 103 Å². The smallest absolute Gasteiger partial charge is 0.308 e. The predicted molar refractivity (Wildman–Crippen MR) is 101 cm³/mol. The summed E-state index contributed by atoms with van der Waals surface area (Å²) in [5, 5.41) is 20.8. The zero-order chi connectivity index (χ0) is 18.5. The van der Waals surface area contributed by atoms with Gasteiger partial charge in [0.05, 0.1) is 24.7 Å². The van der Waals surface area contributed by atoms with E-state index in [0.29, 0.717) is 19.4 Å². The van der Waals surface area contributed by atoms with Gasteiger partial charge in [0.25, 0.3) is 0 Å². The van der Waals surface area contributed by atoms with Crippen LogP contribution in [0.3, 0.4) is 0 Å². The van der Waals surface area contributed by atoms with E-state index in [9.17, 15) is 15.0 Å². The summed E-state index contributed by atoms with van der Waals surface area (Å²) in [6.45, 7) is 4.34. The maximum atomic E-state index is 11.7. The molecule has 0 spiro atoms. The highest BCUT2D eigenvalue weighted by molar-refractivity contribution is 5.70. The topological polar surface area (TPSA) is 66.8 Å². The number of rotatable bonds is 12. The third-order valence-corrected chi connectivity index (χ3v) is 5.10. The number of hydrogen-bond donors (Lipinski definition) is 2. The Hall–Kier alpha value is -0.870. The van der Waals surface area contributed by atoms with Crippen LogP contribution >= 0.6 is 0 Å². The number of carbonyl (C=O) groups is 1. The lowest BCUT2D eigenvalue weighted by molar-refractivity contribution is -0.150. The summed E-state index contributed by atoms with van der Waals surface area (Å²) in [4.78, 5) is 11.7. The molecule has 3 atom stereocenters. The SMILES string of the molecule is CCCCCCCCC(O)C=C[C@@H]1CCC[C@@](O)(CC(=O)OCC)C1. The molecule has 4 heteroatoms. The normalized spacial score (nSPS) is 25.2. The minimum atomic E-state index is -0.955. The number of allylic oxidation sites excluding steroid dienone is 1. The summed E-state index contributed by atoms with van der Waals surface area (Å²) in [7, 11) is 0. The van der Waals surface area contributed by atoms with Crippen LogP contribution in [0.2, 0.25) is 0 Å². The van der Waals surface area contributed by atoms with E-state index in [-0.39, 0.29) is 18.3 Å². The molecule has 4 nitrogen and oxygen atoms in total. The zero-order valence-corrected chi connectivity index (χ0v) is 16.2.